The highest BCUT2D eigenvalue weighted by Gasteiger charge is 2.38. The van der Waals surface area contributed by atoms with Gasteiger partial charge in [-0.2, -0.15) is 0 Å². The molecule has 0 radical (unpaired) electrons. The molecule has 2 N–H and O–H groups in total. The number of hydrogen-bond acceptors (Lipinski definition) is 3. The Labute approximate surface area is 155 Å². The minimum Gasteiger partial charge on any atom is -0.357 e. The molecule has 4 nitrogen and oxygen atoms in total. The van der Waals surface area contributed by atoms with Gasteiger partial charge in [-0.15, -0.1) is 11.3 Å². The van der Waals surface area contributed by atoms with Crippen LogP contribution in [0.1, 0.15) is 40.4 Å². The molecule has 1 aliphatic rings. The van der Waals surface area contributed by atoms with E-state index in [9.17, 15) is 0 Å². The third-order valence-electron chi connectivity index (χ3n) is 4.14. The molecular formula is C18H23BrN4S. The van der Waals surface area contributed by atoms with Crippen LogP contribution in [0.2, 0.25) is 0 Å². The molecule has 2 unspecified atom stereocenters. The van der Waals surface area contributed by atoms with E-state index >= 15 is 0 Å². The van der Waals surface area contributed by atoms with Crippen LogP contribution in [0.5, 0.6) is 0 Å². The number of aliphatic imine (C=N–C) groups is 1. The van der Waals surface area contributed by atoms with E-state index in [1.165, 1.54) is 10.4 Å². The van der Waals surface area contributed by atoms with Gasteiger partial charge in [-0.1, -0.05) is 28.1 Å². The number of benzene rings is 1. The maximum atomic E-state index is 4.74. The summed E-state index contributed by atoms with van der Waals surface area (Å²) in [5, 5.41) is 8.01. The van der Waals surface area contributed by atoms with Gasteiger partial charge in [0, 0.05) is 27.9 Å². The smallest absolute Gasteiger partial charge is 0.191 e. The number of halogens is 1. The van der Waals surface area contributed by atoms with Gasteiger partial charge in [0.15, 0.2) is 5.96 Å². The van der Waals surface area contributed by atoms with Crippen LogP contribution in [0.3, 0.4) is 0 Å². The van der Waals surface area contributed by atoms with Crippen LogP contribution in [-0.4, -0.2) is 23.5 Å². The molecule has 0 amide bonds. The topological polar surface area (TPSA) is 49.3 Å². The summed E-state index contributed by atoms with van der Waals surface area (Å²) < 4.78 is 1.13. The van der Waals surface area contributed by atoms with Crippen molar-refractivity contribution in [2.45, 2.75) is 45.7 Å². The molecule has 1 saturated carbocycles. The number of thiazole rings is 1. The Bertz CT molecular complexity index is 723. The number of aryl methyl sites for hydroxylation is 2. The van der Waals surface area contributed by atoms with Crippen molar-refractivity contribution in [2.24, 2.45) is 4.99 Å². The molecule has 2 aromatic rings. The molecule has 128 valence electrons. The van der Waals surface area contributed by atoms with E-state index in [0.717, 1.165) is 34.1 Å². The van der Waals surface area contributed by atoms with E-state index in [-0.39, 0.29) is 0 Å². The highest BCUT2D eigenvalue weighted by molar-refractivity contribution is 9.10. The van der Waals surface area contributed by atoms with Crippen molar-refractivity contribution in [1.29, 1.82) is 0 Å². The molecule has 1 aliphatic carbocycles. The van der Waals surface area contributed by atoms with Crippen LogP contribution in [0.4, 0.5) is 0 Å². The Morgan fingerprint density at radius 1 is 1.33 bits per heavy atom. The molecule has 1 fully saturated rings. The fourth-order valence-corrected chi connectivity index (χ4v) is 3.93. The quantitative estimate of drug-likeness (QED) is 0.579. The lowest BCUT2D eigenvalue weighted by molar-refractivity contribution is 0.795. The van der Waals surface area contributed by atoms with E-state index in [2.05, 4.69) is 69.7 Å². The molecule has 1 aromatic heterocycles. The number of hydrogen-bond donors (Lipinski definition) is 2. The van der Waals surface area contributed by atoms with E-state index in [0.29, 0.717) is 18.5 Å². The lowest BCUT2D eigenvalue weighted by Gasteiger charge is -2.11. The minimum absolute atomic E-state index is 0.466. The summed E-state index contributed by atoms with van der Waals surface area (Å²) in [6.45, 7) is 7.74. The Kier molecular flexibility index (Phi) is 5.56. The number of nitrogens with one attached hydrogen (secondary N) is 2. The lowest BCUT2D eigenvalue weighted by atomic mass is 10.1. The Morgan fingerprint density at radius 2 is 2.08 bits per heavy atom. The Morgan fingerprint density at radius 3 is 2.71 bits per heavy atom. The van der Waals surface area contributed by atoms with Gasteiger partial charge in [0.25, 0.3) is 0 Å². The van der Waals surface area contributed by atoms with Crippen LogP contribution in [0, 0.1) is 13.8 Å². The van der Waals surface area contributed by atoms with Gasteiger partial charge in [0.05, 0.1) is 17.2 Å². The molecular weight excluding hydrogens is 384 g/mol. The zero-order valence-electron chi connectivity index (χ0n) is 14.3. The monoisotopic (exact) mass is 406 g/mol. The Hall–Kier alpha value is -1.40. The number of nitrogens with zero attached hydrogens (tertiary/aromatic N) is 2. The summed E-state index contributed by atoms with van der Waals surface area (Å²) >= 11 is 5.22. The molecule has 2 atom stereocenters. The second kappa shape index (κ2) is 7.66. The fraction of sp³-hybridized carbons (Fsp3) is 0.444. The van der Waals surface area contributed by atoms with Gasteiger partial charge < -0.3 is 10.6 Å². The van der Waals surface area contributed by atoms with Crippen molar-refractivity contribution in [3.05, 3.63) is 49.9 Å². The van der Waals surface area contributed by atoms with Crippen molar-refractivity contribution in [1.82, 2.24) is 15.6 Å². The molecule has 0 spiro atoms. The molecule has 0 saturated heterocycles. The SMILES string of the molecule is CCNC(=NCc1sc(C)nc1C)NC1CC1c1ccc(Br)cc1. The number of guanidine groups is 1. The summed E-state index contributed by atoms with van der Waals surface area (Å²) in [4.78, 5) is 10.5. The van der Waals surface area contributed by atoms with Crippen molar-refractivity contribution < 1.29 is 0 Å². The van der Waals surface area contributed by atoms with E-state index < -0.39 is 0 Å². The van der Waals surface area contributed by atoms with Gasteiger partial charge in [-0.25, -0.2) is 9.98 Å². The van der Waals surface area contributed by atoms with Crippen LogP contribution in [0.25, 0.3) is 0 Å². The molecule has 3 rings (SSSR count). The van der Waals surface area contributed by atoms with Crippen LogP contribution < -0.4 is 10.6 Å². The predicted octanol–water partition coefficient (Wildman–Crippen LogP) is 4.13. The second-order valence-electron chi connectivity index (χ2n) is 6.08. The second-order valence-corrected chi connectivity index (χ2v) is 8.28. The van der Waals surface area contributed by atoms with Gasteiger partial charge in [0.2, 0.25) is 0 Å². The standard InChI is InChI=1S/C18H23BrN4S/c1-4-20-18(21-10-17-11(2)22-12(3)24-17)23-16-9-15(16)13-5-7-14(19)8-6-13/h5-8,15-16H,4,9-10H2,1-3H3,(H2,20,21,23). The minimum atomic E-state index is 0.466. The molecule has 0 bridgehead atoms. The zero-order chi connectivity index (χ0) is 17.1. The first kappa shape index (κ1) is 17.4. The Balaban J connectivity index is 1.61. The number of rotatable bonds is 5. The third kappa shape index (κ3) is 4.36. The first-order chi connectivity index (χ1) is 11.6. The van der Waals surface area contributed by atoms with Crippen LogP contribution in [-0.2, 0) is 6.54 Å². The van der Waals surface area contributed by atoms with Gasteiger partial charge in [-0.05, 0) is 44.9 Å². The first-order valence-electron chi connectivity index (χ1n) is 8.30. The highest BCUT2D eigenvalue weighted by Crippen LogP contribution is 2.41. The predicted molar refractivity (Wildman–Crippen MR) is 105 cm³/mol. The average Bonchev–Trinajstić information content (AvgIpc) is 3.23. The van der Waals surface area contributed by atoms with Crippen molar-refractivity contribution in [3.8, 4) is 0 Å². The molecule has 6 heteroatoms. The maximum absolute atomic E-state index is 4.74. The first-order valence-corrected chi connectivity index (χ1v) is 9.91. The molecule has 1 aromatic carbocycles. The zero-order valence-corrected chi connectivity index (χ0v) is 16.7. The van der Waals surface area contributed by atoms with Crippen molar-refractivity contribution in [3.63, 3.8) is 0 Å². The molecule has 24 heavy (non-hydrogen) atoms. The van der Waals surface area contributed by atoms with Crippen molar-refractivity contribution in [2.75, 3.05) is 6.54 Å². The maximum Gasteiger partial charge on any atom is 0.191 e. The van der Waals surface area contributed by atoms with E-state index in [1.54, 1.807) is 11.3 Å². The summed E-state index contributed by atoms with van der Waals surface area (Å²) in [6.07, 6.45) is 1.16. The summed E-state index contributed by atoms with van der Waals surface area (Å²) in [7, 11) is 0. The van der Waals surface area contributed by atoms with Crippen LogP contribution >= 0.6 is 27.3 Å². The summed E-state index contributed by atoms with van der Waals surface area (Å²) in [5.41, 5.74) is 2.48. The number of aromatic nitrogens is 1. The van der Waals surface area contributed by atoms with Gasteiger partial charge >= 0.3 is 0 Å². The highest BCUT2D eigenvalue weighted by atomic mass is 79.9. The van der Waals surface area contributed by atoms with Gasteiger partial charge in [0.1, 0.15) is 0 Å². The summed E-state index contributed by atoms with van der Waals surface area (Å²) in [6, 6.07) is 9.08. The van der Waals surface area contributed by atoms with Crippen LogP contribution in [0.15, 0.2) is 33.7 Å². The van der Waals surface area contributed by atoms with Gasteiger partial charge in [-0.3, -0.25) is 0 Å². The third-order valence-corrected chi connectivity index (χ3v) is 5.72. The molecule has 0 aliphatic heterocycles. The van der Waals surface area contributed by atoms with Crippen molar-refractivity contribution >= 4 is 33.2 Å². The normalized spacial score (nSPS) is 20.1. The van der Waals surface area contributed by atoms with E-state index in [4.69, 9.17) is 4.99 Å². The molecule has 1 heterocycles. The van der Waals surface area contributed by atoms with E-state index in [1.807, 2.05) is 6.92 Å². The summed E-state index contributed by atoms with van der Waals surface area (Å²) in [5.74, 6) is 1.47. The largest absolute Gasteiger partial charge is 0.357 e. The average molecular weight is 407 g/mol. The fourth-order valence-electron chi connectivity index (χ4n) is 2.80. The lowest BCUT2D eigenvalue weighted by Crippen LogP contribution is -2.39.